The number of carbonyl (C=O) groups is 1. The number of rotatable bonds is 5. The largest absolute Gasteiger partial charge is 0.431 e. The minimum absolute atomic E-state index is 0.00144. The summed E-state index contributed by atoms with van der Waals surface area (Å²) in [5.74, 6) is -2.67. The van der Waals surface area contributed by atoms with Gasteiger partial charge in [0.2, 0.25) is 0 Å². The van der Waals surface area contributed by atoms with Gasteiger partial charge in [0.1, 0.15) is 11.5 Å². The van der Waals surface area contributed by atoms with Crippen molar-refractivity contribution in [2.24, 2.45) is 0 Å². The summed E-state index contributed by atoms with van der Waals surface area (Å²) in [6.07, 6.45) is -5.04. The van der Waals surface area contributed by atoms with Crippen LogP contribution >= 0.6 is 11.6 Å². The highest BCUT2D eigenvalue weighted by molar-refractivity contribution is 7.88. The third-order valence-corrected chi connectivity index (χ3v) is 4.93. The van der Waals surface area contributed by atoms with Crippen LogP contribution in [0.5, 0.6) is 0 Å². The van der Waals surface area contributed by atoms with Gasteiger partial charge in [0.25, 0.3) is 11.5 Å². The second-order valence-corrected chi connectivity index (χ2v) is 8.00. The summed E-state index contributed by atoms with van der Waals surface area (Å²) in [4.78, 5) is 37.6. The molecule has 0 saturated carbocycles. The highest BCUT2D eigenvalue weighted by Crippen LogP contribution is 2.26. The maximum atomic E-state index is 14.3. The molecule has 0 atom stereocenters. The van der Waals surface area contributed by atoms with E-state index in [4.69, 9.17) is 11.6 Å². The fourth-order valence-electron chi connectivity index (χ4n) is 2.28. The lowest BCUT2D eigenvalue weighted by Crippen LogP contribution is -2.43. The number of benzene rings is 1. The van der Waals surface area contributed by atoms with Gasteiger partial charge in [-0.15, -0.1) is 0 Å². The first-order valence-corrected chi connectivity index (χ1v) is 9.76. The number of H-pyrrole nitrogens is 1. The van der Waals surface area contributed by atoms with Crippen molar-refractivity contribution in [3.63, 3.8) is 0 Å². The monoisotopic (exact) mass is 472 g/mol. The van der Waals surface area contributed by atoms with Crippen LogP contribution < -0.4 is 20.7 Å². The van der Waals surface area contributed by atoms with Crippen LogP contribution in [0.15, 0.2) is 27.8 Å². The fourth-order valence-corrected chi connectivity index (χ4v) is 3.55. The third-order valence-electron chi connectivity index (χ3n) is 3.38. The molecule has 15 heteroatoms. The summed E-state index contributed by atoms with van der Waals surface area (Å²) in [6.45, 7) is 2.94. The molecular formula is C15H13ClF4N4O5S. The Bertz CT molecular complexity index is 1190. The van der Waals surface area contributed by atoms with E-state index in [0.717, 1.165) is 0 Å². The van der Waals surface area contributed by atoms with Crippen LogP contribution in [0.2, 0.25) is 5.02 Å². The predicted octanol–water partition coefficient (Wildman–Crippen LogP) is 1.31. The van der Waals surface area contributed by atoms with E-state index in [1.807, 2.05) is 4.72 Å². The van der Waals surface area contributed by atoms with E-state index in [-0.39, 0.29) is 10.6 Å². The minimum atomic E-state index is -5.04. The van der Waals surface area contributed by atoms with Crippen molar-refractivity contribution in [1.82, 2.24) is 19.0 Å². The Morgan fingerprint density at radius 1 is 1.20 bits per heavy atom. The van der Waals surface area contributed by atoms with E-state index in [2.05, 4.69) is 0 Å². The molecule has 30 heavy (non-hydrogen) atoms. The molecule has 1 amide bonds. The van der Waals surface area contributed by atoms with Gasteiger partial charge in [0.05, 0.1) is 16.3 Å². The van der Waals surface area contributed by atoms with Crippen LogP contribution in [0.4, 0.5) is 17.6 Å². The number of carbonyl (C=O) groups excluding carboxylic acids is 1. The standard InChI is InChI=1S/C15H13ClF4N4O5S/c1-6(2)22-30(28,29)23-13(26)7-3-10(9(17)4-8(7)16)24-12(25)5-11(15(18,19)20)21-14(24)27/h3-6,22H,1-2H3,(H,21,27)(H,23,26). The van der Waals surface area contributed by atoms with Crippen LogP contribution in [0.1, 0.15) is 29.9 Å². The molecule has 164 valence electrons. The summed E-state index contributed by atoms with van der Waals surface area (Å²) in [5, 5.41) is -0.579. The lowest BCUT2D eigenvalue weighted by Gasteiger charge is -2.13. The molecule has 0 aliphatic carbocycles. The summed E-state index contributed by atoms with van der Waals surface area (Å²) in [6, 6.07) is 0.491. The van der Waals surface area contributed by atoms with Crippen LogP contribution in [0, 0.1) is 5.82 Å². The van der Waals surface area contributed by atoms with E-state index in [9.17, 15) is 40.4 Å². The molecule has 0 aliphatic rings. The lowest BCUT2D eigenvalue weighted by molar-refractivity contribution is -0.141. The number of alkyl halides is 3. The van der Waals surface area contributed by atoms with Crippen LogP contribution in [0.3, 0.4) is 0 Å². The van der Waals surface area contributed by atoms with Crippen molar-refractivity contribution in [2.75, 3.05) is 0 Å². The van der Waals surface area contributed by atoms with Gasteiger partial charge in [0.15, 0.2) is 0 Å². The average Bonchev–Trinajstić information content (AvgIpc) is 2.53. The van der Waals surface area contributed by atoms with Crippen molar-refractivity contribution in [3.05, 3.63) is 61.1 Å². The molecule has 1 aromatic heterocycles. The molecule has 0 radical (unpaired) electrons. The predicted molar refractivity (Wildman–Crippen MR) is 97.3 cm³/mol. The van der Waals surface area contributed by atoms with Gasteiger partial charge in [0, 0.05) is 12.1 Å². The number of aromatic amines is 1. The zero-order valence-corrected chi connectivity index (χ0v) is 16.7. The van der Waals surface area contributed by atoms with Crippen molar-refractivity contribution in [1.29, 1.82) is 0 Å². The Kier molecular flexibility index (Phi) is 6.44. The zero-order chi connectivity index (χ0) is 23.0. The zero-order valence-electron chi connectivity index (χ0n) is 15.1. The topological polar surface area (TPSA) is 130 Å². The highest BCUT2D eigenvalue weighted by Gasteiger charge is 2.33. The fraction of sp³-hybridized carbons (Fsp3) is 0.267. The van der Waals surface area contributed by atoms with Crippen molar-refractivity contribution < 1.29 is 30.8 Å². The highest BCUT2D eigenvalue weighted by atomic mass is 35.5. The van der Waals surface area contributed by atoms with Crippen LogP contribution in [0.25, 0.3) is 5.69 Å². The lowest BCUT2D eigenvalue weighted by atomic mass is 10.1. The number of nitrogens with zero attached hydrogens (tertiary/aromatic N) is 1. The first kappa shape index (κ1) is 23.6. The molecule has 2 rings (SSSR count). The van der Waals surface area contributed by atoms with Gasteiger partial charge in [-0.05, 0) is 26.0 Å². The van der Waals surface area contributed by atoms with Crippen LogP contribution in [-0.4, -0.2) is 29.9 Å². The normalized spacial score (nSPS) is 12.3. The van der Waals surface area contributed by atoms with Gasteiger partial charge in [-0.25, -0.2) is 18.5 Å². The number of aromatic nitrogens is 2. The van der Waals surface area contributed by atoms with E-state index >= 15 is 0 Å². The van der Waals surface area contributed by atoms with Gasteiger partial charge in [-0.3, -0.25) is 9.59 Å². The van der Waals surface area contributed by atoms with Gasteiger partial charge >= 0.3 is 22.1 Å². The number of halogens is 5. The Labute approximate surface area is 170 Å². The Balaban J connectivity index is 2.60. The number of hydrogen-bond donors (Lipinski definition) is 3. The molecule has 0 unspecified atom stereocenters. The van der Waals surface area contributed by atoms with Crippen molar-refractivity contribution in [2.45, 2.75) is 26.1 Å². The molecule has 9 nitrogen and oxygen atoms in total. The Morgan fingerprint density at radius 2 is 1.80 bits per heavy atom. The molecular weight excluding hydrogens is 460 g/mol. The second-order valence-electron chi connectivity index (χ2n) is 6.15. The number of nitrogens with one attached hydrogen (secondary N) is 3. The minimum Gasteiger partial charge on any atom is -0.303 e. The molecule has 3 N–H and O–H groups in total. The van der Waals surface area contributed by atoms with E-state index in [1.165, 1.54) is 18.8 Å². The summed E-state index contributed by atoms with van der Waals surface area (Å²) in [7, 11) is -4.33. The maximum absolute atomic E-state index is 14.3. The molecule has 0 aliphatic heterocycles. The first-order chi connectivity index (χ1) is 13.6. The van der Waals surface area contributed by atoms with Crippen LogP contribution in [-0.2, 0) is 16.4 Å². The summed E-state index contributed by atoms with van der Waals surface area (Å²) in [5.41, 5.74) is -6.43. The average molecular weight is 473 g/mol. The second kappa shape index (κ2) is 8.20. The smallest absolute Gasteiger partial charge is 0.303 e. The van der Waals surface area contributed by atoms with E-state index in [1.54, 1.807) is 4.72 Å². The maximum Gasteiger partial charge on any atom is 0.431 e. The SMILES string of the molecule is CC(C)NS(=O)(=O)NC(=O)c1cc(-n2c(=O)cc(C(F)(F)F)[nH]c2=O)c(F)cc1Cl. The Morgan fingerprint density at radius 3 is 2.30 bits per heavy atom. The number of hydrogen-bond acceptors (Lipinski definition) is 5. The molecule has 1 aromatic carbocycles. The van der Waals surface area contributed by atoms with Gasteiger partial charge in [-0.2, -0.15) is 26.3 Å². The quantitative estimate of drug-likeness (QED) is 0.565. The molecule has 2 aromatic rings. The molecule has 1 heterocycles. The summed E-state index contributed by atoms with van der Waals surface area (Å²) < 4.78 is 79.7. The van der Waals surface area contributed by atoms with Crippen molar-refractivity contribution >= 4 is 27.7 Å². The first-order valence-electron chi connectivity index (χ1n) is 7.90. The Hall–Kier alpha value is -2.71. The number of amides is 1. The molecule has 0 fully saturated rings. The molecule has 0 bridgehead atoms. The van der Waals surface area contributed by atoms with Gasteiger partial charge < -0.3 is 4.98 Å². The van der Waals surface area contributed by atoms with E-state index in [0.29, 0.717) is 12.1 Å². The van der Waals surface area contributed by atoms with Crippen molar-refractivity contribution in [3.8, 4) is 5.69 Å². The molecule has 0 saturated heterocycles. The summed E-state index contributed by atoms with van der Waals surface area (Å²) >= 11 is 5.74. The molecule has 0 spiro atoms. The third kappa shape index (κ3) is 5.25. The van der Waals surface area contributed by atoms with E-state index < -0.39 is 67.4 Å². The van der Waals surface area contributed by atoms with Gasteiger partial charge in [-0.1, -0.05) is 11.6 Å².